The topological polar surface area (TPSA) is 90.1 Å². The van der Waals surface area contributed by atoms with E-state index in [-0.39, 0.29) is 19.0 Å². The number of nitrogens with one attached hydrogen (secondary N) is 1. The number of nitrogens with zero attached hydrogens (tertiary/aromatic N) is 1. The highest BCUT2D eigenvalue weighted by Crippen LogP contribution is 2.25. The first-order chi connectivity index (χ1) is 14.5. The van der Waals surface area contributed by atoms with Crippen LogP contribution in [0.2, 0.25) is 0 Å². The number of fused-ring (bicyclic) bond motifs is 1. The normalized spacial score (nSPS) is 10.5. The van der Waals surface area contributed by atoms with Crippen molar-refractivity contribution in [1.29, 1.82) is 0 Å². The molecular weight excluding hydrogens is 388 g/mol. The maximum atomic E-state index is 13.2. The molecule has 3 aromatic rings. The Bertz CT molecular complexity index is 1040. The third-order valence-corrected chi connectivity index (χ3v) is 4.68. The molecular formula is C22H24N2O6. The molecule has 3 rings (SSSR count). The minimum Gasteiger partial charge on any atom is -0.497 e. The summed E-state index contributed by atoms with van der Waals surface area (Å²) in [6.45, 7) is -0.0340. The number of amides is 1. The lowest BCUT2D eigenvalue weighted by atomic mass is 10.1. The number of methoxy groups -OCH3 is 4. The fraction of sp³-hybridized carbons (Fsp3) is 0.273. The second-order valence-electron chi connectivity index (χ2n) is 6.59. The molecule has 1 aromatic heterocycles. The Labute approximate surface area is 174 Å². The predicted octanol–water partition coefficient (Wildman–Crippen LogP) is 3.01. The monoisotopic (exact) mass is 412 g/mol. The summed E-state index contributed by atoms with van der Waals surface area (Å²) in [5.41, 5.74) is 1.87. The van der Waals surface area contributed by atoms with Crippen LogP contribution in [-0.2, 0) is 16.1 Å². The van der Waals surface area contributed by atoms with Crippen molar-refractivity contribution in [2.75, 3.05) is 35.0 Å². The lowest BCUT2D eigenvalue weighted by molar-refractivity contribution is -0.141. The zero-order valence-electron chi connectivity index (χ0n) is 17.4. The second-order valence-corrected chi connectivity index (χ2v) is 6.59. The van der Waals surface area contributed by atoms with E-state index in [1.54, 1.807) is 45.6 Å². The Kier molecular flexibility index (Phi) is 6.46. The molecule has 1 amide bonds. The van der Waals surface area contributed by atoms with Crippen LogP contribution in [0.15, 0.2) is 42.5 Å². The van der Waals surface area contributed by atoms with Crippen LogP contribution in [0, 0.1) is 0 Å². The zero-order valence-corrected chi connectivity index (χ0v) is 17.4. The molecule has 0 saturated heterocycles. The number of aromatic nitrogens is 1. The van der Waals surface area contributed by atoms with Crippen molar-refractivity contribution in [3.63, 3.8) is 0 Å². The number of rotatable bonds is 8. The maximum absolute atomic E-state index is 13.2. The molecule has 1 N–H and O–H groups in total. The largest absolute Gasteiger partial charge is 0.497 e. The molecule has 0 spiro atoms. The van der Waals surface area contributed by atoms with Gasteiger partial charge in [-0.3, -0.25) is 9.59 Å². The number of benzene rings is 2. The van der Waals surface area contributed by atoms with Crippen LogP contribution in [-0.4, -0.2) is 56.7 Å². The second kappa shape index (κ2) is 9.21. The van der Waals surface area contributed by atoms with Gasteiger partial charge < -0.3 is 28.8 Å². The highest BCUT2D eigenvalue weighted by Gasteiger charge is 2.22. The van der Waals surface area contributed by atoms with Crippen molar-refractivity contribution in [3.05, 3.63) is 53.7 Å². The van der Waals surface area contributed by atoms with Crippen LogP contribution in [0.4, 0.5) is 0 Å². The molecule has 0 aliphatic rings. The Balaban J connectivity index is 1.93. The smallest absolute Gasteiger partial charge is 0.325 e. The number of aromatic amines is 1. The van der Waals surface area contributed by atoms with Crippen LogP contribution in [0.25, 0.3) is 10.9 Å². The number of hydrogen-bond donors (Lipinski definition) is 1. The molecule has 158 valence electrons. The van der Waals surface area contributed by atoms with E-state index in [0.717, 1.165) is 16.5 Å². The van der Waals surface area contributed by atoms with Gasteiger partial charge >= 0.3 is 5.97 Å². The Hall–Kier alpha value is -3.68. The van der Waals surface area contributed by atoms with Crippen LogP contribution in [0.5, 0.6) is 17.2 Å². The average Bonchev–Trinajstić information content (AvgIpc) is 3.20. The number of ether oxygens (including phenoxy) is 4. The van der Waals surface area contributed by atoms with Gasteiger partial charge in [0.25, 0.3) is 5.91 Å². The van der Waals surface area contributed by atoms with E-state index in [1.165, 1.54) is 12.0 Å². The molecule has 0 bridgehead atoms. The SMILES string of the molecule is COC(=O)CN(Cc1cc(OC)cc(OC)c1)C(=O)c1cc2ccc(OC)cc2[nH]1. The molecule has 0 fully saturated rings. The van der Waals surface area contributed by atoms with Gasteiger partial charge in [0.2, 0.25) is 0 Å². The van der Waals surface area contributed by atoms with E-state index < -0.39 is 5.97 Å². The van der Waals surface area contributed by atoms with Crippen molar-refractivity contribution in [2.45, 2.75) is 6.54 Å². The van der Waals surface area contributed by atoms with Gasteiger partial charge in [-0.05, 0) is 35.9 Å². The van der Waals surface area contributed by atoms with E-state index in [0.29, 0.717) is 22.9 Å². The quantitative estimate of drug-likeness (QED) is 0.572. The van der Waals surface area contributed by atoms with E-state index in [4.69, 9.17) is 18.9 Å². The highest BCUT2D eigenvalue weighted by atomic mass is 16.5. The van der Waals surface area contributed by atoms with E-state index in [9.17, 15) is 9.59 Å². The first-order valence-corrected chi connectivity index (χ1v) is 9.22. The fourth-order valence-corrected chi connectivity index (χ4v) is 3.12. The lowest BCUT2D eigenvalue weighted by Gasteiger charge is -2.21. The van der Waals surface area contributed by atoms with Gasteiger partial charge in [-0.15, -0.1) is 0 Å². The van der Waals surface area contributed by atoms with Crippen LogP contribution >= 0.6 is 0 Å². The molecule has 2 aromatic carbocycles. The summed E-state index contributed by atoms with van der Waals surface area (Å²) in [5.74, 6) is 1.01. The van der Waals surface area contributed by atoms with Gasteiger partial charge in [0.1, 0.15) is 29.5 Å². The molecule has 8 nitrogen and oxygen atoms in total. The molecule has 8 heteroatoms. The van der Waals surface area contributed by atoms with Crippen molar-refractivity contribution in [3.8, 4) is 17.2 Å². The summed E-state index contributed by atoms with van der Waals surface area (Å²) < 4.78 is 20.6. The zero-order chi connectivity index (χ0) is 21.7. The number of H-pyrrole nitrogens is 1. The number of esters is 1. The van der Waals surface area contributed by atoms with Gasteiger partial charge in [0, 0.05) is 29.6 Å². The average molecular weight is 412 g/mol. The van der Waals surface area contributed by atoms with E-state index in [1.807, 2.05) is 18.2 Å². The summed E-state index contributed by atoms with van der Waals surface area (Å²) in [6, 6.07) is 12.5. The van der Waals surface area contributed by atoms with Gasteiger partial charge in [-0.1, -0.05) is 0 Å². The van der Waals surface area contributed by atoms with E-state index in [2.05, 4.69) is 4.98 Å². The number of carbonyl (C=O) groups excluding carboxylic acids is 2. The van der Waals surface area contributed by atoms with Crippen molar-refractivity contribution >= 4 is 22.8 Å². The molecule has 0 aliphatic carbocycles. The molecule has 0 atom stereocenters. The minimum atomic E-state index is -0.518. The fourth-order valence-electron chi connectivity index (χ4n) is 3.12. The standard InChI is InChI=1S/C22H24N2O6/c1-27-16-6-5-15-9-20(23-19(15)11-16)22(26)24(13-21(25)30-4)12-14-7-17(28-2)10-18(8-14)29-3/h5-11,23H,12-13H2,1-4H3. The lowest BCUT2D eigenvalue weighted by Crippen LogP contribution is -2.36. The van der Waals surface area contributed by atoms with Crippen molar-refractivity contribution < 1.29 is 28.5 Å². The van der Waals surface area contributed by atoms with Crippen molar-refractivity contribution in [1.82, 2.24) is 9.88 Å². The van der Waals surface area contributed by atoms with Gasteiger partial charge in [-0.2, -0.15) is 0 Å². The summed E-state index contributed by atoms with van der Waals surface area (Å²) in [5, 5.41) is 0.861. The highest BCUT2D eigenvalue weighted by molar-refractivity contribution is 5.99. The molecule has 0 saturated carbocycles. The number of carbonyl (C=O) groups is 2. The Morgan fingerprint density at radius 1 is 0.867 bits per heavy atom. The van der Waals surface area contributed by atoms with Crippen LogP contribution in [0.1, 0.15) is 16.1 Å². The minimum absolute atomic E-state index is 0.167. The van der Waals surface area contributed by atoms with Crippen molar-refractivity contribution in [2.24, 2.45) is 0 Å². The van der Waals surface area contributed by atoms with Gasteiger partial charge in [0.15, 0.2) is 0 Å². The summed E-state index contributed by atoms with van der Waals surface area (Å²) >= 11 is 0. The Morgan fingerprint density at radius 3 is 2.13 bits per heavy atom. The molecule has 1 heterocycles. The van der Waals surface area contributed by atoms with E-state index >= 15 is 0 Å². The predicted molar refractivity (Wildman–Crippen MR) is 111 cm³/mol. The van der Waals surface area contributed by atoms with Crippen LogP contribution < -0.4 is 14.2 Å². The van der Waals surface area contributed by atoms with Gasteiger partial charge in [0.05, 0.1) is 28.4 Å². The summed E-state index contributed by atoms with van der Waals surface area (Å²) in [7, 11) is 5.97. The first-order valence-electron chi connectivity index (χ1n) is 9.22. The summed E-state index contributed by atoms with van der Waals surface area (Å²) in [4.78, 5) is 29.7. The van der Waals surface area contributed by atoms with Gasteiger partial charge in [-0.25, -0.2) is 0 Å². The molecule has 30 heavy (non-hydrogen) atoms. The summed E-state index contributed by atoms with van der Waals surface area (Å²) in [6.07, 6.45) is 0. The molecule has 0 aliphatic heterocycles. The first kappa shape index (κ1) is 21.0. The Morgan fingerprint density at radius 2 is 1.53 bits per heavy atom. The third-order valence-electron chi connectivity index (χ3n) is 4.68. The molecule has 0 unspecified atom stereocenters. The maximum Gasteiger partial charge on any atom is 0.325 e. The molecule has 0 radical (unpaired) electrons. The third kappa shape index (κ3) is 4.65. The number of hydrogen-bond acceptors (Lipinski definition) is 6. The van der Waals surface area contributed by atoms with Crippen LogP contribution in [0.3, 0.4) is 0 Å².